The van der Waals surface area contributed by atoms with Crippen LogP contribution < -0.4 is 15.5 Å². The molecule has 1 aliphatic rings. The molecule has 8 heteroatoms. The molecule has 0 unspecified atom stereocenters. The van der Waals surface area contributed by atoms with E-state index in [2.05, 4.69) is 36.7 Å². The first-order valence-electron chi connectivity index (χ1n) is 9.05. The molecule has 0 aliphatic carbocycles. The third-order valence-electron chi connectivity index (χ3n) is 4.26. The lowest BCUT2D eigenvalue weighted by Gasteiger charge is -2.29. The molecule has 26 heavy (non-hydrogen) atoms. The number of nitrogens with one attached hydrogen (secondary N) is 2. The van der Waals surface area contributed by atoms with Crippen molar-refractivity contribution < 1.29 is 4.74 Å². The Hall–Kier alpha value is -2.61. The number of aryl methyl sites for hydroxylation is 1. The Kier molecular flexibility index (Phi) is 6.83. The zero-order chi connectivity index (χ0) is 18.0. The van der Waals surface area contributed by atoms with Gasteiger partial charge < -0.3 is 20.3 Å². The number of guanidine groups is 1. The van der Waals surface area contributed by atoms with Gasteiger partial charge in [-0.15, -0.1) is 0 Å². The molecule has 2 aromatic heterocycles. The molecule has 3 heterocycles. The summed E-state index contributed by atoms with van der Waals surface area (Å²) < 4.78 is 7.37. The van der Waals surface area contributed by atoms with Crippen LogP contribution in [0.15, 0.2) is 41.8 Å². The monoisotopic (exact) mass is 357 g/mol. The van der Waals surface area contributed by atoms with E-state index < -0.39 is 0 Å². The van der Waals surface area contributed by atoms with Crippen LogP contribution in [-0.4, -0.2) is 60.6 Å². The number of anilines is 1. The maximum atomic E-state index is 5.44. The lowest BCUT2D eigenvalue weighted by molar-refractivity contribution is 0.122. The summed E-state index contributed by atoms with van der Waals surface area (Å²) in [6.07, 6.45) is 6.60. The molecule has 0 radical (unpaired) electrons. The molecule has 2 aromatic rings. The van der Waals surface area contributed by atoms with Crippen LogP contribution in [0.25, 0.3) is 0 Å². The predicted octanol–water partition coefficient (Wildman–Crippen LogP) is 0.870. The lowest BCUT2D eigenvalue weighted by Crippen LogP contribution is -2.39. The molecule has 1 aliphatic heterocycles. The first-order chi connectivity index (χ1) is 12.9. The van der Waals surface area contributed by atoms with Gasteiger partial charge in [-0.05, 0) is 18.6 Å². The Morgan fingerprint density at radius 1 is 1.23 bits per heavy atom. The molecule has 0 amide bonds. The normalized spacial score (nSPS) is 15.1. The highest BCUT2D eigenvalue weighted by molar-refractivity contribution is 5.79. The maximum absolute atomic E-state index is 5.44. The van der Waals surface area contributed by atoms with Gasteiger partial charge in [-0.3, -0.25) is 9.67 Å². The van der Waals surface area contributed by atoms with Crippen molar-refractivity contribution in [2.24, 2.45) is 4.99 Å². The van der Waals surface area contributed by atoms with Gasteiger partial charge in [0.15, 0.2) is 5.96 Å². The lowest BCUT2D eigenvalue weighted by atomic mass is 10.2. The molecule has 0 atom stereocenters. The largest absolute Gasteiger partial charge is 0.378 e. The summed E-state index contributed by atoms with van der Waals surface area (Å²) in [5, 5.41) is 10.9. The van der Waals surface area contributed by atoms with Gasteiger partial charge in [-0.2, -0.15) is 5.10 Å². The molecule has 3 rings (SSSR count). The fourth-order valence-electron chi connectivity index (χ4n) is 2.91. The molecule has 1 fully saturated rings. The quantitative estimate of drug-likeness (QED) is 0.435. The van der Waals surface area contributed by atoms with E-state index in [9.17, 15) is 0 Å². The van der Waals surface area contributed by atoms with Gasteiger partial charge in [-0.1, -0.05) is 6.07 Å². The van der Waals surface area contributed by atoms with E-state index in [-0.39, 0.29) is 0 Å². The van der Waals surface area contributed by atoms with Crippen LogP contribution in [-0.2, 0) is 17.8 Å². The van der Waals surface area contributed by atoms with Gasteiger partial charge in [0.1, 0.15) is 5.82 Å². The van der Waals surface area contributed by atoms with Crippen LogP contribution in [0.1, 0.15) is 12.0 Å². The van der Waals surface area contributed by atoms with Crippen LogP contribution in [0.3, 0.4) is 0 Å². The third kappa shape index (κ3) is 5.19. The van der Waals surface area contributed by atoms with Gasteiger partial charge in [0, 0.05) is 63.9 Å². The standard InChI is InChI=1S/C18H27N7O/c1-19-18(21-7-3-9-25-10-4-8-23-25)22-15-16-5-2-6-20-17(16)24-11-13-26-14-12-24/h2,4-6,8,10H,3,7,9,11-15H2,1H3,(H2,19,21,22). The molecule has 8 nitrogen and oxygen atoms in total. The number of morpholine rings is 1. The van der Waals surface area contributed by atoms with E-state index in [0.29, 0.717) is 6.54 Å². The number of hydrogen-bond acceptors (Lipinski definition) is 5. The Morgan fingerprint density at radius 3 is 2.88 bits per heavy atom. The van der Waals surface area contributed by atoms with Crippen LogP contribution >= 0.6 is 0 Å². The number of ether oxygens (including phenoxy) is 1. The Labute approximate surface area is 154 Å². The number of pyridine rings is 1. The minimum atomic E-state index is 0.680. The van der Waals surface area contributed by atoms with Gasteiger partial charge in [-0.25, -0.2) is 4.98 Å². The van der Waals surface area contributed by atoms with Crippen molar-refractivity contribution in [2.75, 3.05) is 44.8 Å². The number of hydrogen-bond donors (Lipinski definition) is 2. The van der Waals surface area contributed by atoms with E-state index in [1.165, 1.54) is 0 Å². The highest BCUT2D eigenvalue weighted by Gasteiger charge is 2.15. The van der Waals surface area contributed by atoms with Gasteiger partial charge in [0.25, 0.3) is 0 Å². The molecule has 0 spiro atoms. The number of rotatable bonds is 7. The van der Waals surface area contributed by atoms with E-state index in [1.54, 1.807) is 13.2 Å². The van der Waals surface area contributed by atoms with E-state index in [4.69, 9.17) is 4.74 Å². The first kappa shape index (κ1) is 18.2. The highest BCUT2D eigenvalue weighted by atomic mass is 16.5. The summed E-state index contributed by atoms with van der Waals surface area (Å²) in [5.41, 5.74) is 1.16. The highest BCUT2D eigenvalue weighted by Crippen LogP contribution is 2.18. The number of nitrogens with zero attached hydrogens (tertiary/aromatic N) is 5. The van der Waals surface area contributed by atoms with Crippen molar-refractivity contribution in [3.05, 3.63) is 42.4 Å². The van der Waals surface area contributed by atoms with Crippen LogP contribution in [0.5, 0.6) is 0 Å². The average molecular weight is 357 g/mol. The zero-order valence-electron chi connectivity index (χ0n) is 15.3. The topological polar surface area (TPSA) is 79.6 Å². The summed E-state index contributed by atoms with van der Waals surface area (Å²) >= 11 is 0. The average Bonchev–Trinajstić information content (AvgIpc) is 3.22. The van der Waals surface area contributed by atoms with Crippen molar-refractivity contribution in [1.29, 1.82) is 0 Å². The van der Waals surface area contributed by atoms with Crippen molar-refractivity contribution >= 4 is 11.8 Å². The summed E-state index contributed by atoms with van der Waals surface area (Å²) in [6, 6.07) is 6.02. The number of aromatic nitrogens is 3. The molecular weight excluding hydrogens is 330 g/mol. The van der Waals surface area contributed by atoms with Gasteiger partial charge in [0.05, 0.1) is 13.2 Å². The smallest absolute Gasteiger partial charge is 0.191 e. The van der Waals surface area contributed by atoms with E-state index in [1.807, 2.05) is 29.2 Å². The van der Waals surface area contributed by atoms with E-state index >= 15 is 0 Å². The van der Waals surface area contributed by atoms with Crippen molar-refractivity contribution in [3.8, 4) is 0 Å². The molecule has 0 aromatic carbocycles. The van der Waals surface area contributed by atoms with Crippen LogP contribution in [0.4, 0.5) is 5.82 Å². The fraction of sp³-hybridized carbons (Fsp3) is 0.500. The third-order valence-corrected chi connectivity index (χ3v) is 4.26. The summed E-state index contributed by atoms with van der Waals surface area (Å²) in [4.78, 5) is 11.1. The van der Waals surface area contributed by atoms with Crippen LogP contribution in [0, 0.1) is 0 Å². The van der Waals surface area contributed by atoms with Crippen molar-refractivity contribution in [2.45, 2.75) is 19.5 Å². The molecule has 1 saturated heterocycles. The van der Waals surface area contributed by atoms with Gasteiger partial charge >= 0.3 is 0 Å². The van der Waals surface area contributed by atoms with Crippen LogP contribution in [0.2, 0.25) is 0 Å². The fourth-order valence-corrected chi connectivity index (χ4v) is 2.91. The van der Waals surface area contributed by atoms with Gasteiger partial charge in [0.2, 0.25) is 0 Å². The SMILES string of the molecule is CN=C(NCCCn1cccn1)NCc1cccnc1N1CCOCC1. The summed E-state index contributed by atoms with van der Waals surface area (Å²) in [7, 11) is 1.79. The second kappa shape index (κ2) is 9.76. The Morgan fingerprint density at radius 2 is 2.12 bits per heavy atom. The van der Waals surface area contributed by atoms with E-state index in [0.717, 1.165) is 63.2 Å². The molecule has 2 N–H and O–H groups in total. The predicted molar refractivity (Wildman–Crippen MR) is 102 cm³/mol. The second-order valence-corrected chi connectivity index (χ2v) is 6.06. The molecule has 0 bridgehead atoms. The number of aliphatic imine (C=N–C) groups is 1. The van der Waals surface area contributed by atoms with Crippen molar-refractivity contribution in [1.82, 2.24) is 25.4 Å². The second-order valence-electron chi connectivity index (χ2n) is 6.06. The first-order valence-corrected chi connectivity index (χ1v) is 9.05. The Balaban J connectivity index is 1.47. The maximum Gasteiger partial charge on any atom is 0.191 e. The molecular formula is C18H27N7O. The summed E-state index contributed by atoms with van der Waals surface area (Å²) in [6.45, 7) is 5.67. The molecule has 0 saturated carbocycles. The minimum Gasteiger partial charge on any atom is -0.378 e. The molecule has 140 valence electrons. The zero-order valence-corrected chi connectivity index (χ0v) is 15.3. The Bertz CT molecular complexity index is 681. The van der Waals surface area contributed by atoms with Crippen molar-refractivity contribution in [3.63, 3.8) is 0 Å². The minimum absolute atomic E-state index is 0.680. The summed E-state index contributed by atoms with van der Waals surface area (Å²) in [5.74, 6) is 1.82.